The number of carbonyl (C=O) groups is 4. The molecule has 19 heavy (non-hydrogen) atoms. The Morgan fingerprint density at radius 2 is 1.53 bits per heavy atom. The molecular formula is C10H12Cl2O7. The van der Waals surface area contributed by atoms with Gasteiger partial charge in [0.05, 0.1) is 0 Å². The molecule has 0 bridgehead atoms. The van der Waals surface area contributed by atoms with E-state index in [4.69, 9.17) is 28.1 Å². The number of rotatable bonds is 7. The van der Waals surface area contributed by atoms with E-state index in [2.05, 4.69) is 9.62 Å². The normalized spacial score (nSPS) is 12.5. The fraction of sp³-hybridized carbons (Fsp3) is 0.600. The second kappa shape index (κ2) is 7.42. The van der Waals surface area contributed by atoms with E-state index in [1.165, 1.54) is 20.8 Å². The first-order valence-electron chi connectivity index (χ1n) is 5.05. The molecule has 0 N–H and O–H groups in total. The molecule has 0 spiro atoms. The summed E-state index contributed by atoms with van der Waals surface area (Å²) in [6, 6.07) is 0. The van der Waals surface area contributed by atoms with Crippen LogP contribution >= 0.6 is 23.2 Å². The van der Waals surface area contributed by atoms with Crippen molar-refractivity contribution in [2.75, 3.05) is 0 Å². The molecule has 1 atom stereocenters. The first-order valence-corrected chi connectivity index (χ1v) is 5.80. The van der Waals surface area contributed by atoms with Crippen molar-refractivity contribution in [3.05, 3.63) is 0 Å². The molecule has 0 radical (unpaired) electrons. The summed E-state index contributed by atoms with van der Waals surface area (Å²) >= 11 is 9.77. The van der Waals surface area contributed by atoms with Crippen LogP contribution in [0, 0.1) is 0 Å². The van der Waals surface area contributed by atoms with Gasteiger partial charge in [0.15, 0.2) is 0 Å². The molecule has 0 aliphatic rings. The van der Waals surface area contributed by atoms with Crippen LogP contribution in [0.4, 0.5) is 0 Å². The van der Waals surface area contributed by atoms with Gasteiger partial charge in [-0.25, -0.2) is 9.59 Å². The summed E-state index contributed by atoms with van der Waals surface area (Å²) < 4.78 is 4.67. The fourth-order valence-electron chi connectivity index (χ4n) is 1.18. The molecule has 0 heterocycles. The van der Waals surface area contributed by atoms with Crippen molar-refractivity contribution in [3.63, 3.8) is 0 Å². The van der Waals surface area contributed by atoms with Crippen molar-refractivity contribution in [3.8, 4) is 0 Å². The minimum absolute atomic E-state index is 0.0761. The maximum Gasteiger partial charge on any atom is 0.424 e. The molecule has 0 aliphatic heterocycles. The van der Waals surface area contributed by atoms with E-state index in [9.17, 15) is 19.2 Å². The van der Waals surface area contributed by atoms with Crippen LogP contribution in [-0.4, -0.2) is 34.1 Å². The molecule has 0 rings (SSSR count). The SMILES string of the molecule is CC(CC(C)(C)OOC(=O)C(=O)Cl)OC(=O)C(=O)Cl. The largest absolute Gasteiger partial charge is 0.456 e. The van der Waals surface area contributed by atoms with Crippen molar-refractivity contribution in [1.82, 2.24) is 0 Å². The Kier molecular flexibility index (Phi) is 6.96. The lowest BCUT2D eigenvalue weighted by Gasteiger charge is -2.25. The zero-order chi connectivity index (χ0) is 15.2. The van der Waals surface area contributed by atoms with E-state index in [0.717, 1.165) is 0 Å². The highest BCUT2D eigenvalue weighted by Gasteiger charge is 2.29. The molecule has 0 amide bonds. The Morgan fingerprint density at radius 1 is 1.05 bits per heavy atom. The maximum absolute atomic E-state index is 10.9. The number of carbonyl (C=O) groups excluding carboxylic acids is 4. The average Bonchev–Trinajstić information content (AvgIpc) is 2.24. The lowest BCUT2D eigenvalue weighted by molar-refractivity contribution is -0.325. The van der Waals surface area contributed by atoms with Crippen LogP contribution in [0.2, 0.25) is 0 Å². The molecule has 0 fully saturated rings. The third-order valence-electron chi connectivity index (χ3n) is 1.75. The highest BCUT2D eigenvalue weighted by molar-refractivity contribution is 6.80. The van der Waals surface area contributed by atoms with Crippen LogP contribution in [0.25, 0.3) is 0 Å². The Labute approximate surface area is 119 Å². The van der Waals surface area contributed by atoms with Gasteiger partial charge >= 0.3 is 22.4 Å². The van der Waals surface area contributed by atoms with Gasteiger partial charge in [0, 0.05) is 6.42 Å². The smallest absolute Gasteiger partial charge is 0.424 e. The Balaban J connectivity index is 4.28. The average molecular weight is 315 g/mol. The number of esters is 1. The van der Waals surface area contributed by atoms with E-state index in [1.54, 1.807) is 0 Å². The molecule has 7 nitrogen and oxygen atoms in total. The summed E-state index contributed by atoms with van der Waals surface area (Å²) in [6.45, 7) is 4.50. The molecule has 0 saturated carbocycles. The van der Waals surface area contributed by atoms with Crippen molar-refractivity contribution in [1.29, 1.82) is 0 Å². The number of ether oxygens (including phenoxy) is 1. The van der Waals surface area contributed by atoms with Gasteiger partial charge in [-0.2, -0.15) is 4.89 Å². The number of hydrogen-bond acceptors (Lipinski definition) is 7. The van der Waals surface area contributed by atoms with Gasteiger partial charge in [0.1, 0.15) is 11.7 Å². The summed E-state index contributed by atoms with van der Waals surface area (Å²) in [5, 5.41) is -2.58. The maximum atomic E-state index is 10.9. The minimum atomic E-state index is -1.37. The first kappa shape index (κ1) is 17.8. The van der Waals surface area contributed by atoms with Crippen LogP contribution < -0.4 is 0 Å². The number of halogens is 2. The molecule has 0 saturated heterocycles. The lowest BCUT2D eigenvalue weighted by atomic mass is 10.0. The first-order chi connectivity index (χ1) is 8.55. The number of hydrogen-bond donors (Lipinski definition) is 0. The summed E-state index contributed by atoms with van der Waals surface area (Å²) in [6.07, 6.45) is -0.650. The van der Waals surface area contributed by atoms with Gasteiger partial charge in [-0.15, -0.1) is 0 Å². The van der Waals surface area contributed by atoms with E-state index in [0.29, 0.717) is 0 Å². The fourth-order valence-corrected chi connectivity index (χ4v) is 1.26. The minimum Gasteiger partial charge on any atom is -0.456 e. The summed E-state index contributed by atoms with van der Waals surface area (Å²) in [4.78, 5) is 51.4. The van der Waals surface area contributed by atoms with Crippen molar-refractivity contribution < 1.29 is 33.7 Å². The molecule has 0 aromatic heterocycles. The van der Waals surface area contributed by atoms with E-state index >= 15 is 0 Å². The summed E-state index contributed by atoms with van der Waals surface area (Å²) in [5.41, 5.74) is -1.07. The van der Waals surface area contributed by atoms with E-state index < -0.39 is 34.1 Å². The third kappa shape index (κ3) is 7.76. The predicted molar refractivity (Wildman–Crippen MR) is 63.1 cm³/mol. The Morgan fingerprint density at radius 3 is 1.95 bits per heavy atom. The van der Waals surface area contributed by atoms with Crippen molar-refractivity contribution in [2.45, 2.75) is 38.9 Å². The highest BCUT2D eigenvalue weighted by atomic mass is 35.5. The Bertz CT molecular complexity index is 391. The van der Waals surface area contributed by atoms with Gasteiger partial charge in [0.25, 0.3) is 0 Å². The van der Waals surface area contributed by atoms with Crippen LogP contribution in [0.1, 0.15) is 27.2 Å². The van der Waals surface area contributed by atoms with E-state index in [1.807, 2.05) is 0 Å². The van der Waals surface area contributed by atoms with Gasteiger partial charge < -0.3 is 4.74 Å². The molecule has 0 aromatic carbocycles. The summed E-state index contributed by atoms with van der Waals surface area (Å²) in [5.74, 6) is -2.56. The van der Waals surface area contributed by atoms with E-state index in [-0.39, 0.29) is 6.42 Å². The second-order valence-electron chi connectivity index (χ2n) is 4.18. The zero-order valence-corrected chi connectivity index (χ0v) is 11.9. The van der Waals surface area contributed by atoms with Crippen LogP contribution in [-0.2, 0) is 33.7 Å². The van der Waals surface area contributed by atoms with Crippen LogP contribution in [0.15, 0.2) is 0 Å². The lowest BCUT2D eigenvalue weighted by Crippen LogP contribution is -2.33. The molecule has 9 heteroatoms. The van der Waals surface area contributed by atoms with Gasteiger partial charge in [0.2, 0.25) is 0 Å². The van der Waals surface area contributed by atoms with Gasteiger partial charge in [-0.3, -0.25) is 14.5 Å². The van der Waals surface area contributed by atoms with Gasteiger partial charge in [-0.05, 0) is 44.0 Å². The standard InChI is InChI=1S/C10H12Cl2O7/c1-5(17-8(15)6(11)13)4-10(2,3)19-18-9(16)7(12)14/h5H,4H2,1-3H3. The molecular weight excluding hydrogens is 303 g/mol. The van der Waals surface area contributed by atoms with Gasteiger partial charge in [-0.1, -0.05) is 0 Å². The monoisotopic (exact) mass is 314 g/mol. The van der Waals surface area contributed by atoms with Crippen molar-refractivity contribution >= 4 is 45.6 Å². The van der Waals surface area contributed by atoms with Crippen LogP contribution in [0.3, 0.4) is 0 Å². The predicted octanol–water partition coefficient (Wildman–Crippen LogP) is 1.09. The highest BCUT2D eigenvalue weighted by Crippen LogP contribution is 2.19. The quantitative estimate of drug-likeness (QED) is 0.228. The Hall–Kier alpha value is -1.18. The molecule has 108 valence electrons. The van der Waals surface area contributed by atoms with Crippen LogP contribution in [0.5, 0.6) is 0 Å². The third-order valence-corrected chi connectivity index (χ3v) is 2.06. The van der Waals surface area contributed by atoms with Crippen molar-refractivity contribution in [2.24, 2.45) is 0 Å². The summed E-state index contributed by atoms with van der Waals surface area (Å²) in [7, 11) is 0. The topological polar surface area (TPSA) is 96.0 Å². The molecule has 0 aliphatic carbocycles. The molecule has 1 unspecified atom stereocenters. The second-order valence-corrected chi connectivity index (χ2v) is 4.87. The zero-order valence-electron chi connectivity index (χ0n) is 10.4. The molecule has 0 aromatic rings.